The molecule has 0 radical (unpaired) electrons. The molecule has 1 aromatic heterocycles. The molecular formula is C13H22N4O. The van der Waals surface area contributed by atoms with E-state index in [2.05, 4.69) is 34.2 Å². The van der Waals surface area contributed by atoms with E-state index in [9.17, 15) is 0 Å². The van der Waals surface area contributed by atoms with Gasteiger partial charge in [-0.2, -0.15) is 0 Å². The number of guanidine groups is 1. The smallest absolute Gasteiger partial charge is 0.194 e. The highest BCUT2D eigenvalue weighted by atomic mass is 16.5. The molecule has 2 atom stereocenters. The molecule has 1 heterocycles. The zero-order chi connectivity index (χ0) is 13.0. The maximum absolute atomic E-state index is 4.84. The monoisotopic (exact) mass is 250 g/mol. The lowest BCUT2D eigenvalue weighted by Gasteiger charge is -2.20. The summed E-state index contributed by atoms with van der Waals surface area (Å²) < 4.78 is 4.84. The van der Waals surface area contributed by atoms with Crippen molar-refractivity contribution in [1.82, 2.24) is 15.4 Å². The van der Waals surface area contributed by atoms with E-state index < -0.39 is 0 Å². The number of rotatable bonds is 5. The maximum atomic E-state index is 4.84. The Labute approximate surface area is 108 Å². The van der Waals surface area contributed by atoms with Crippen LogP contribution in [0.3, 0.4) is 0 Å². The van der Waals surface area contributed by atoms with Gasteiger partial charge < -0.3 is 14.7 Å². The number of hydrogen-bond donors (Lipinski definition) is 1. The van der Waals surface area contributed by atoms with E-state index in [1.807, 2.05) is 13.1 Å². The van der Waals surface area contributed by atoms with Crippen molar-refractivity contribution < 1.29 is 4.52 Å². The lowest BCUT2D eigenvalue weighted by atomic mass is 10.3. The molecule has 5 nitrogen and oxygen atoms in total. The Bertz CT molecular complexity index is 388. The third-order valence-electron chi connectivity index (χ3n) is 3.34. The maximum Gasteiger partial charge on any atom is 0.194 e. The summed E-state index contributed by atoms with van der Waals surface area (Å²) in [6.07, 6.45) is 2.91. The van der Waals surface area contributed by atoms with Gasteiger partial charge in [-0.15, -0.1) is 0 Å². The van der Waals surface area contributed by atoms with Gasteiger partial charge in [0.25, 0.3) is 0 Å². The summed E-state index contributed by atoms with van der Waals surface area (Å²) in [6.45, 7) is 6.88. The first kappa shape index (κ1) is 12.9. The van der Waals surface area contributed by atoms with E-state index in [4.69, 9.17) is 4.52 Å². The van der Waals surface area contributed by atoms with E-state index in [1.54, 1.807) is 6.26 Å². The van der Waals surface area contributed by atoms with Crippen molar-refractivity contribution >= 4 is 5.96 Å². The first-order chi connectivity index (χ1) is 8.70. The fourth-order valence-electron chi connectivity index (χ4n) is 1.96. The molecule has 0 spiro atoms. The normalized spacial score (nSPS) is 22.9. The molecule has 1 saturated carbocycles. The Balaban J connectivity index is 1.90. The SMILES string of the molecule is CCNC(=NCC1CC1C)N(C)Cc1ccon1. The van der Waals surface area contributed by atoms with Crippen LogP contribution in [0.25, 0.3) is 0 Å². The summed E-state index contributed by atoms with van der Waals surface area (Å²) in [7, 11) is 2.02. The second-order valence-electron chi connectivity index (χ2n) is 5.01. The van der Waals surface area contributed by atoms with Gasteiger partial charge in [0.1, 0.15) is 12.0 Å². The van der Waals surface area contributed by atoms with Crippen molar-refractivity contribution in [3.8, 4) is 0 Å². The van der Waals surface area contributed by atoms with Crippen molar-refractivity contribution in [2.75, 3.05) is 20.1 Å². The van der Waals surface area contributed by atoms with Crippen LogP contribution >= 0.6 is 0 Å². The Hall–Kier alpha value is -1.52. The molecule has 18 heavy (non-hydrogen) atoms. The zero-order valence-electron chi connectivity index (χ0n) is 11.4. The Morgan fingerprint density at radius 1 is 1.67 bits per heavy atom. The molecule has 1 N–H and O–H groups in total. The van der Waals surface area contributed by atoms with Crippen LogP contribution in [0, 0.1) is 11.8 Å². The van der Waals surface area contributed by atoms with Crippen LogP contribution in [0.15, 0.2) is 21.8 Å². The van der Waals surface area contributed by atoms with Crippen LogP contribution in [0.2, 0.25) is 0 Å². The average Bonchev–Trinajstić information content (AvgIpc) is 2.83. The van der Waals surface area contributed by atoms with Crippen molar-refractivity contribution in [2.45, 2.75) is 26.8 Å². The van der Waals surface area contributed by atoms with Gasteiger partial charge in [0, 0.05) is 26.2 Å². The molecule has 0 aromatic carbocycles. The van der Waals surface area contributed by atoms with Gasteiger partial charge in [0.2, 0.25) is 0 Å². The third-order valence-corrected chi connectivity index (χ3v) is 3.34. The molecule has 5 heteroatoms. The molecule has 2 rings (SSSR count). The van der Waals surface area contributed by atoms with Gasteiger partial charge in [0.15, 0.2) is 5.96 Å². The van der Waals surface area contributed by atoms with Gasteiger partial charge in [-0.1, -0.05) is 12.1 Å². The van der Waals surface area contributed by atoms with E-state index in [-0.39, 0.29) is 0 Å². The van der Waals surface area contributed by atoms with Gasteiger partial charge in [0.05, 0.1) is 6.54 Å². The quantitative estimate of drug-likeness (QED) is 0.638. The van der Waals surface area contributed by atoms with Crippen LogP contribution in [0.1, 0.15) is 26.0 Å². The molecule has 1 aliphatic rings. The Morgan fingerprint density at radius 2 is 2.44 bits per heavy atom. The van der Waals surface area contributed by atoms with Crippen LogP contribution in [0.5, 0.6) is 0 Å². The summed E-state index contributed by atoms with van der Waals surface area (Å²) in [4.78, 5) is 6.76. The molecule has 1 aliphatic carbocycles. The Morgan fingerprint density at radius 3 is 3.00 bits per heavy atom. The first-order valence-corrected chi connectivity index (χ1v) is 6.59. The molecule has 0 bridgehead atoms. The lowest BCUT2D eigenvalue weighted by Crippen LogP contribution is -2.38. The van der Waals surface area contributed by atoms with E-state index in [0.717, 1.165) is 36.6 Å². The minimum atomic E-state index is 0.711. The van der Waals surface area contributed by atoms with Crippen LogP contribution in [0.4, 0.5) is 0 Å². The van der Waals surface area contributed by atoms with Gasteiger partial charge in [-0.25, -0.2) is 0 Å². The highest BCUT2D eigenvalue weighted by Gasteiger charge is 2.32. The van der Waals surface area contributed by atoms with E-state index in [1.165, 1.54) is 6.42 Å². The molecular weight excluding hydrogens is 228 g/mol. The molecule has 0 saturated heterocycles. The highest BCUT2D eigenvalue weighted by molar-refractivity contribution is 5.79. The van der Waals surface area contributed by atoms with Crippen LogP contribution in [-0.4, -0.2) is 36.2 Å². The second-order valence-corrected chi connectivity index (χ2v) is 5.01. The summed E-state index contributed by atoms with van der Waals surface area (Å²) >= 11 is 0. The Kier molecular flexibility index (Phi) is 4.23. The topological polar surface area (TPSA) is 53.7 Å². The van der Waals surface area contributed by atoms with Gasteiger partial charge in [-0.3, -0.25) is 4.99 Å². The standard InChI is InChI=1S/C13H22N4O/c1-4-14-13(15-8-11-7-10(11)2)17(3)9-12-5-6-18-16-12/h5-6,10-11H,4,7-9H2,1-3H3,(H,14,15). The molecule has 0 aliphatic heterocycles. The van der Waals surface area contributed by atoms with Crippen LogP contribution in [-0.2, 0) is 6.54 Å². The number of nitrogens with zero attached hydrogens (tertiary/aromatic N) is 3. The lowest BCUT2D eigenvalue weighted by molar-refractivity contribution is 0.391. The number of aliphatic imine (C=N–C) groups is 1. The fraction of sp³-hybridized carbons (Fsp3) is 0.692. The highest BCUT2D eigenvalue weighted by Crippen LogP contribution is 2.37. The van der Waals surface area contributed by atoms with Crippen molar-refractivity contribution in [2.24, 2.45) is 16.8 Å². The molecule has 0 amide bonds. The number of aromatic nitrogens is 1. The van der Waals surface area contributed by atoms with E-state index in [0.29, 0.717) is 6.54 Å². The first-order valence-electron chi connectivity index (χ1n) is 6.59. The molecule has 1 aromatic rings. The number of nitrogens with one attached hydrogen (secondary N) is 1. The third kappa shape index (κ3) is 3.48. The fourth-order valence-corrected chi connectivity index (χ4v) is 1.96. The predicted octanol–water partition coefficient (Wildman–Crippen LogP) is 1.73. The van der Waals surface area contributed by atoms with E-state index >= 15 is 0 Å². The summed E-state index contributed by atoms with van der Waals surface area (Å²) in [5.41, 5.74) is 0.919. The van der Waals surface area contributed by atoms with Crippen molar-refractivity contribution in [3.05, 3.63) is 18.0 Å². The largest absolute Gasteiger partial charge is 0.364 e. The van der Waals surface area contributed by atoms with Gasteiger partial charge in [-0.05, 0) is 25.2 Å². The average molecular weight is 250 g/mol. The summed E-state index contributed by atoms with van der Waals surface area (Å²) in [5, 5.41) is 7.23. The zero-order valence-corrected chi connectivity index (χ0v) is 11.4. The molecule has 2 unspecified atom stereocenters. The van der Waals surface area contributed by atoms with Crippen LogP contribution < -0.4 is 5.32 Å². The minimum absolute atomic E-state index is 0.711. The number of hydrogen-bond acceptors (Lipinski definition) is 3. The molecule has 1 fully saturated rings. The minimum Gasteiger partial charge on any atom is -0.364 e. The molecule has 100 valence electrons. The summed E-state index contributed by atoms with van der Waals surface area (Å²) in [5.74, 6) is 2.57. The predicted molar refractivity (Wildman–Crippen MR) is 71.2 cm³/mol. The van der Waals surface area contributed by atoms with Crippen molar-refractivity contribution in [1.29, 1.82) is 0 Å². The second kappa shape index (κ2) is 5.89. The summed E-state index contributed by atoms with van der Waals surface area (Å²) in [6, 6.07) is 1.88. The van der Waals surface area contributed by atoms with Gasteiger partial charge >= 0.3 is 0 Å². The van der Waals surface area contributed by atoms with Crippen molar-refractivity contribution in [3.63, 3.8) is 0 Å².